The first-order valence-electron chi connectivity index (χ1n) is 6.69. The fourth-order valence-corrected chi connectivity index (χ4v) is 2.40. The molecule has 1 unspecified atom stereocenters. The van der Waals surface area contributed by atoms with Crippen LogP contribution in [-0.4, -0.2) is 35.0 Å². The summed E-state index contributed by atoms with van der Waals surface area (Å²) >= 11 is 0. The molecule has 104 valence electrons. The second-order valence-corrected chi connectivity index (χ2v) is 5.35. The first kappa shape index (κ1) is 14.0. The Labute approximate surface area is 114 Å². The van der Waals surface area contributed by atoms with E-state index in [0.29, 0.717) is 6.61 Å². The predicted octanol–water partition coefficient (Wildman–Crippen LogP) is 1.95. The minimum absolute atomic E-state index is 0.0614. The fourth-order valence-electron chi connectivity index (χ4n) is 2.40. The first-order valence-corrected chi connectivity index (χ1v) is 6.69. The molecule has 1 aliphatic heterocycles. The minimum atomic E-state index is -1.12. The van der Waals surface area contributed by atoms with Crippen molar-refractivity contribution in [1.29, 1.82) is 0 Å². The number of benzene rings is 1. The van der Waals surface area contributed by atoms with Crippen molar-refractivity contribution in [3.63, 3.8) is 0 Å². The molecule has 1 saturated heterocycles. The number of ether oxygens (including phenoxy) is 1. The third-order valence-electron chi connectivity index (χ3n) is 3.71. The van der Waals surface area contributed by atoms with Crippen molar-refractivity contribution in [1.82, 2.24) is 4.90 Å². The van der Waals surface area contributed by atoms with E-state index in [9.17, 15) is 9.90 Å². The molecule has 1 N–H and O–H groups in total. The van der Waals surface area contributed by atoms with Crippen LogP contribution in [0.1, 0.15) is 32.3 Å². The Morgan fingerprint density at radius 3 is 2.53 bits per heavy atom. The van der Waals surface area contributed by atoms with Crippen molar-refractivity contribution in [2.75, 3.05) is 6.61 Å². The molecule has 4 heteroatoms. The largest absolute Gasteiger partial charge is 0.351 e. The van der Waals surface area contributed by atoms with Gasteiger partial charge < -0.3 is 9.84 Å². The number of hydrogen-bond donors (Lipinski definition) is 1. The van der Waals surface area contributed by atoms with E-state index in [1.165, 1.54) is 4.90 Å². The van der Waals surface area contributed by atoms with Crippen LogP contribution in [0.15, 0.2) is 30.3 Å². The number of rotatable bonds is 3. The molecule has 3 atom stereocenters. The van der Waals surface area contributed by atoms with Crippen LogP contribution in [0.5, 0.6) is 0 Å². The lowest BCUT2D eigenvalue weighted by Gasteiger charge is -2.30. The van der Waals surface area contributed by atoms with E-state index in [-0.39, 0.29) is 23.8 Å². The van der Waals surface area contributed by atoms with Gasteiger partial charge in [0.2, 0.25) is 12.3 Å². The Morgan fingerprint density at radius 2 is 1.95 bits per heavy atom. The SMILES string of the molecule is CC(C)[C@@H]1COC(O)N1C(=O)[C@H](C)c1ccccc1. The van der Waals surface area contributed by atoms with Gasteiger partial charge in [0.1, 0.15) is 0 Å². The van der Waals surface area contributed by atoms with E-state index in [1.54, 1.807) is 0 Å². The summed E-state index contributed by atoms with van der Waals surface area (Å²) in [5.41, 5.74) is 0.953. The Kier molecular flexibility index (Phi) is 4.22. The lowest BCUT2D eigenvalue weighted by atomic mass is 9.97. The van der Waals surface area contributed by atoms with Gasteiger partial charge in [-0.2, -0.15) is 0 Å². The van der Waals surface area contributed by atoms with E-state index >= 15 is 0 Å². The first-order chi connectivity index (χ1) is 9.02. The Bertz CT molecular complexity index is 432. The van der Waals surface area contributed by atoms with Gasteiger partial charge in [-0.15, -0.1) is 0 Å². The molecule has 0 spiro atoms. The predicted molar refractivity (Wildman–Crippen MR) is 72.3 cm³/mol. The van der Waals surface area contributed by atoms with Gasteiger partial charge in [-0.25, -0.2) is 0 Å². The van der Waals surface area contributed by atoms with Gasteiger partial charge in [0.05, 0.1) is 18.6 Å². The molecule has 0 radical (unpaired) electrons. The monoisotopic (exact) mass is 263 g/mol. The summed E-state index contributed by atoms with van der Waals surface area (Å²) in [5.74, 6) is -0.113. The standard InChI is InChI=1S/C15H21NO3/c1-10(2)13-9-19-15(18)16(13)14(17)11(3)12-7-5-4-6-8-12/h4-8,10-11,13,15,18H,9H2,1-3H3/t11-,13+,15?/m1/s1. The van der Waals surface area contributed by atoms with Crippen molar-refractivity contribution in [3.8, 4) is 0 Å². The fraction of sp³-hybridized carbons (Fsp3) is 0.533. The van der Waals surface area contributed by atoms with Crippen molar-refractivity contribution in [2.45, 2.75) is 39.1 Å². The van der Waals surface area contributed by atoms with E-state index in [4.69, 9.17) is 4.74 Å². The highest BCUT2D eigenvalue weighted by Gasteiger charge is 2.40. The van der Waals surface area contributed by atoms with Crippen LogP contribution in [0.2, 0.25) is 0 Å². The lowest BCUT2D eigenvalue weighted by molar-refractivity contribution is -0.167. The molecular formula is C15H21NO3. The molecule has 1 heterocycles. The highest BCUT2D eigenvalue weighted by molar-refractivity contribution is 5.83. The summed E-state index contributed by atoms with van der Waals surface area (Å²) in [6.45, 7) is 6.31. The van der Waals surface area contributed by atoms with Crippen LogP contribution in [0.3, 0.4) is 0 Å². The van der Waals surface area contributed by atoms with Crippen LogP contribution in [0.25, 0.3) is 0 Å². The summed E-state index contributed by atoms with van der Waals surface area (Å²) in [6.07, 6.45) is -1.12. The maximum absolute atomic E-state index is 12.6. The zero-order chi connectivity index (χ0) is 14.0. The van der Waals surface area contributed by atoms with E-state index in [2.05, 4.69) is 0 Å². The quantitative estimate of drug-likeness (QED) is 0.906. The molecule has 2 rings (SSSR count). The molecular weight excluding hydrogens is 242 g/mol. The van der Waals surface area contributed by atoms with Gasteiger partial charge >= 0.3 is 0 Å². The smallest absolute Gasteiger partial charge is 0.240 e. The normalized spacial score (nSPS) is 24.8. The van der Waals surface area contributed by atoms with Crippen molar-refractivity contribution >= 4 is 5.91 Å². The number of nitrogens with zero attached hydrogens (tertiary/aromatic N) is 1. The molecule has 0 aromatic heterocycles. The molecule has 1 aromatic carbocycles. The van der Waals surface area contributed by atoms with Crippen LogP contribution in [0.4, 0.5) is 0 Å². The Balaban J connectivity index is 2.18. The van der Waals surface area contributed by atoms with Gasteiger partial charge in [-0.1, -0.05) is 44.2 Å². The van der Waals surface area contributed by atoms with Crippen LogP contribution < -0.4 is 0 Å². The van der Waals surface area contributed by atoms with Crippen LogP contribution in [-0.2, 0) is 9.53 Å². The van der Waals surface area contributed by atoms with Crippen LogP contribution >= 0.6 is 0 Å². The number of carbonyl (C=O) groups is 1. The maximum atomic E-state index is 12.6. The molecule has 1 aromatic rings. The highest BCUT2D eigenvalue weighted by atomic mass is 16.6. The highest BCUT2D eigenvalue weighted by Crippen LogP contribution is 2.27. The zero-order valence-electron chi connectivity index (χ0n) is 11.6. The van der Waals surface area contributed by atoms with E-state index < -0.39 is 6.41 Å². The van der Waals surface area contributed by atoms with Gasteiger partial charge in [-0.05, 0) is 18.4 Å². The summed E-state index contributed by atoms with van der Waals surface area (Å²) in [4.78, 5) is 14.0. The molecule has 4 nitrogen and oxygen atoms in total. The Morgan fingerprint density at radius 1 is 1.32 bits per heavy atom. The summed E-state index contributed by atoms with van der Waals surface area (Å²) < 4.78 is 5.21. The number of hydrogen-bond acceptors (Lipinski definition) is 3. The molecule has 1 fully saturated rings. The topological polar surface area (TPSA) is 49.8 Å². The summed E-state index contributed by atoms with van der Waals surface area (Å²) in [5, 5.41) is 9.86. The maximum Gasteiger partial charge on any atom is 0.240 e. The summed E-state index contributed by atoms with van der Waals surface area (Å²) in [6, 6.07) is 9.54. The zero-order valence-corrected chi connectivity index (χ0v) is 11.6. The van der Waals surface area contributed by atoms with Crippen molar-refractivity contribution < 1.29 is 14.6 Å². The number of carbonyl (C=O) groups excluding carboxylic acids is 1. The van der Waals surface area contributed by atoms with Gasteiger partial charge in [-0.3, -0.25) is 9.69 Å². The van der Waals surface area contributed by atoms with Crippen molar-refractivity contribution in [2.24, 2.45) is 5.92 Å². The second-order valence-electron chi connectivity index (χ2n) is 5.35. The van der Waals surface area contributed by atoms with Gasteiger partial charge in [0, 0.05) is 0 Å². The van der Waals surface area contributed by atoms with Gasteiger partial charge in [0.25, 0.3) is 0 Å². The third kappa shape index (κ3) is 2.80. The molecule has 0 bridgehead atoms. The minimum Gasteiger partial charge on any atom is -0.351 e. The molecule has 1 aliphatic rings. The third-order valence-corrected chi connectivity index (χ3v) is 3.71. The lowest BCUT2D eigenvalue weighted by Crippen LogP contribution is -2.46. The molecule has 0 aliphatic carbocycles. The number of amides is 1. The summed E-state index contributed by atoms with van der Waals surface area (Å²) in [7, 11) is 0. The van der Waals surface area contributed by atoms with E-state index in [0.717, 1.165) is 5.56 Å². The average Bonchev–Trinajstić information content (AvgIpc) is 2.80. The number of aliphatic hydroxyl groups excluding tert-OH is 1. The van der Waals surface area contributed by atoms with Crippen LogP contribution in [0, 0.1) is 5.92 Å². The average molecular weight is 263 g/mol. The molecule has 1 amide bonds. The second kappa shape index (κ2) is 5.72. The van der Waals surface area contributed by atoms with Crippen molar-refractivity contribution in [3.05, 3.63) is 35.9 Å². The number of aliphatic hydroxyl groups is 1. The molecule has 19 heavy (non-hydrogen) atoms. The Hall–Kier alpha value is -1.39. The van der Waals surface area contributed by atoms with E-state index in [1.807, 2.05) is 51.1 Å². The van der Waals surface area contributed by atoms with Gasteiger partial charge in [0.15, 0.2) is 0 Å². The molecule has 0 saturated carbocycles.